The predicted molar refractivity (Wildman–Crippen MR) is 164 cm³/mol. The van der Waals surface area contributed by atoms with Crippen molar-refractivity contribution in [1.82, 2.24) is 39.0 Å². The number of H-pyrrole nitrogens is 1. The molecular formula is C23H28FN9O8P2S2. The van der Waals surface area contributed by atoms with E-state index < -0.39 is 49.5 Å². The number of hydrogen-bond donors (Lipinski definition) is 5. The fraction of sp³-hybridized carbons (Fsp3) is 0.478. The fourth-order valence-electron chi connectivity index (χ4n) is 5.67. The van der Waals surface area contributed by atoms with Crippen molar-refractivity contribution in [2.75, 3.05) is 25.6 Å². The molecule has 1 saturated carbocycles. The van der Waals surface area contributed by atoms with Gasteiger partial charge in [-0.05, 0) is 12.3 Å². The summed E-state index contributed by atoms with van der Waals surface area (Å²) in [5, 5.41) is 0. The van der Waals surface area contributed by atoms with E-state index in [2.05, 4.69) is 61.0 Å². The van der Waals surface area contributed by atoms with Gasteiger partial charge in [-0.1, -0.05) is 30.6 Å². The van der Waals surface area contributed by atoms with E-state index in [4.69, 9.17) is 24.0 Å². The number of alkyl halides is 1. The number of rotatable bonds is 12. The van der Waals surface area contributed by atoms with Crippen LogP contribution < -0.4 is 11.3 Å². The molecule has 45 heavy (non-hydrogen) atoms. The number of aromatic amines is 1. The fourth-order valence-corrected chi connectivity index (χ4v) is 7.42. The van der Waals surface area contributed by atoms with Crippen molar-refractivity contribution in [2.45, 2.75) is 31.0 Å². The Bertz CT molecular complexity index is 1890. The van der Waals surface area contributed by atoms with Crippen LogP contribution in [0.3, 0.4) is 0 Å². The van der Waals surface area contributed by atoms with Crippen LogP contribution in [0.5, 0.6) is 0 Å². The van der Waals surface area contributed by atoms with Crippen LogP contribution in [0.4, 0.5) is 10.2 Å². The number of nitrogen functional groups attached to an aromatic ring is 1. The molecule has 22 heteroatoms. The molecule has 2 fully saturated rings. The van der Waals surface area contributed by atoms with Crippen LogP contribution in [-0.4, -0.2) is 76.0 Å². The monoisotopic (exact) mass is 703 g/mol. The van der Waals surface area contributed by atoms with Crippen molar-refractivity contribution in [3.63, 3.8) is 0 Å². The largest absolute Gasteiger partial charge is 0.386 e. The van der Waals surface area contributed by atoms with E-state index in [0.29, 0.717) is 12.1 Å². The topological polar surface area (TPSA) is 224 Å². The lowest BCUT2D eigenvalue weighted by Crippen LogP contribution is -2.43. The molecule has 2 aliphatic rings. The number of nitrogens with one attached hydrogen (secondary N) is 1. The van der Waals surface area contributed by atoms with Crippen molar-refractivity contribution in [3.05, 3.63) is 48.3 Å². The minimum absolute atomic E-state index is 0.130. The molecule has 0 amide bonds. The average Bonchev–Trinajstić information content (AvgIpc) is 3.67. The number of aromatic nitrogens is 8. The van der Waals surface area contributed by atoms with Crippen LogP contribution in [0.15, 0.2) is 42.8 Å². The summed E-state index contributed by atoms with van der Waals surface area (Å²) in [6, 6.07) is -0.344. The van der Waals surface area contributed by atoms with Crippen LogP contribution in [0.1, 0.15) is 18.7 Å². The van der Waals surface area contributed by atoms with Crippen molar-refractivity contribution >= 4 is 66.2 Å². The molecule has 6 rings (SSSR count). The quantitative estimate of drug-likeness (QED) is 0.0813. The van der Waals surface area contributed by atoms with Gasteiger partial charge in [0, 0.05) is 17.9 Å². The molecule has 1 aliphatic carbocycles. The minimum Gasteiger partial charge on any atom is -0.382 e. The minimum atomic E-state index is -4.07. The van der Waals surface area contributed by atoms with Gasteiger partial charge in [0.1, 0.15) is 11.8 Å². The Kier molecular flexibility index (Phi) is 8.97. The Morgan fingerprint density at radius 3 is 2.56 bits per heavy atom. The smallest absolute Gasteiger partial charge is 0.382 e. The van der Waals surface area contributed by atoms with Gasteiger partial charge in [0.25, 0.3) is 5.56 Å². The lowest BCUT2D eigenvalue weighted by Gasteiger charge is -2.45. The number of thiol groups is 2. The Hall–Kier alpha value is -2.67. The van der Waals surface area contributed by atoms with Crippen molar-refractivity contribution < 1.29 is 36.7 Å². The van der Waals surface area contributed by atoms with Gasteiger partial charge in [0.2, 0.25) is 0 Å². The van der Waals surface area contributed by atoms with Crippen LogP contribution in [0.2, 0.25) is 0 Å². The summed E-state index contributed by atoms with van der Waals surface area (Å²) in [5.74, 6) is -1.49. The predicted octanol–water partition coefficient (Wildman–Crippen LogP) is 2.87. The summed E-state index contributed by atoms with van der Waals surface area (Å²) in [5.41, 5.74) is 6.45. The van der Waals surface area contributed by atoms with Gasteiger partial charge in [-0.15, -0.1) is 6.58 Å². The number of imidazole rings is 2. The Labute approximate surface area is 264 Å². The van der Waals surface area contributed by atoms with Gasteiger partial charge in [-0.2, -0.15) is 0 Å². The first-order chi connectivity index (χ1) is 21.4. The first kappa shape index (κ1) is 32.3. The SMILES string of the molecule is C=C[C@H]1[C@@H](F)[C@H](n2cnc3c(N)ncnc32)O[C@@H]1COP(=O)(S)OC[C@@H]1[C@@H](COP(=O)(O)S)C[C@H]1n1cnc2c(=O)[nH]cnc21. The maximum Gasteiger partial charge on any atom is 0.386 e. The number of nitrogens with two attached hydrogens (primary N) is 1. The molecular weight excluding hydrogens is 675 g/mol. The zero-order valence-corrected chi connectivity index (χ0v) is 26.7. The number of ether oxygens (including phenoxy) is 1. The van der Waals surface area contributed by atoms with Crippen molar-refractivity contribution in [1.29, 1.82) is 0 Å². The molecule has 4 aromatic heterocycles. The third-order valence-corrected chi connectivity index (χ3v) is 10.4. The number of nitrogens with zero attached hydrogens (tertiary/aromatic N) is 7. The summed E-state index contributed by atoms with van der Waals surface area (Å²) in [7, 11) is 0. The van der Waals surface area contributed by atoms with Crippen molar-refractivity contribution in [2.24, 2.45) is 17.8 Å². The van der Waals surface area contributed by atoms with Crippen LogP contribution >= 0.6 is 38.1 Å². The standard InChI is InChI=1S/C23H28FN9O8P2S2/c1-2-12-15(41-23(16(12)24)33-10-30-17-19(25)26-7-27-20(17)33)6-40-43(37,45)39-5-13-11(4-38-42(35,36)44)3-14(13)32-9-31-18-21(32)28-8-29-22(18)34/h2,7-16,23H,1,3-6H2,(H,37,45)(H2,25,26,27)(H,28,29,34)(H2,35,36,44)/t11-,12-,13-,14-,15-,16-,23-,43?/m1/s1. The van der Waals surface area contributed by atoms with Gasteiger partial charge >= 0.3 is 13.6 Å². The van der Waals surface area contributed by atoms with E-state index >= 15 is 4.39 Å². The molecule has 2 unspecified atom stereocenters. The number of hydrogen-bond acceptors (Lipinski definition) is 13. The Morgan fingerprint density at radius 1 is 1.09 bits per heavy atom. The second kappa shape index (κ2) is 12.5. The van der Waals surface area contributed by atoms with Crippen LogP contribution in [-0.2, 0) is 27.4 Å². The zero-order valence-electron chi connectivity index (χ0n) is 23.1. The highest BCUT2D eigenvalue weighted by Crippen LogP contribution is 2.57. The highest BCUT2D eigenvalue weighted by molar-refractivity contribution is 8.44. The van der Waals surface area contributed by atoms with E-state index in [1.165, 1.54) is 36.0 Å². The van der Waals surface area contributed by atoms with Gasteiger partial charge < -0.3 is 34.0 Å². The Morgan fingerprint density at radius 2 is 1.80 bits per heavy atom. The van der Waals surface area contributed by atoms with Crippen LogP contribution in [0, 0.1) is 17.8 Å². The van der Waals surface area contributed by atoms with Gasteiger partial charge in [-0.25, -0.2) is 38.4 Å². The van der Waals surface area contributed by atoms with E-state index in [-0.39, 0.29) is 54.3 Å². The number of anilines is 1. The molecule has 1 saturated heterocycles. The molecule has 0 radical (unpaired) electrons. The summed E-state index contributed by atoms with van der Waals surface area (Å²) in [6.07, 6.45) is 3.44. The van der Waals surface area contributed by atoms with E-state index in [9.17, 15) is 18.8 Å². The van der Waals surface area contributed by atoms with Crippen LogP contribution in [0.25, 0.3) is 22.3 Å². The average molecular weight is 704 g/mol. The lowest BCUT2D eigenvalue weighted by atomic mass is 9.70. The Balaban J connectivity index is 1.13. The molecule has 242 valence electrons. The molecule has 0 aromatic carbocycles. The van der Waals surface area contributed by atoms with Crippen molar-refractivity contribution in [3.8, 4) is 0 Å². The summed E-state index contributed by atoms with van der Waals surface area (Å²) in [4.78, 5) is 44.6. The second-order valence-corrected chi connectivity index (χ2v) is 16.2. The first-order valence-electron chi connectivity index (χ1n) is 13.4. The zero-order chi connectivity index (χ0) is 32.1. The molecule has 1 aliphatic heterocycles. The van der Waals surface area contributed by atoms with Gasteiger partial charge in [0.05, 0.1) is 44.9 Å². The molecule has 4 N–H and O–H groups in total. The summed E-state index contributed by atoms with van der Waals surface area (Å²) < 4.78 is 65.7. The molecule has 4 aromatic rings. The maximum absolute atomic E-state index is 15.6. The van der Waals surface area contributed by atoms with Gasteiger partial charge in [0.15, 0.2) is 35.0 Å². The third kappa shape index (κ3) is 6.48. The maximum atomic E-state index is 15.6. The van der Waals surface area contributed by atoms with E-state index in [0.717, 1.165) is 0 Å². The molecule has 5 heterocycles. The second-order valence-electron chi connectivity index (χ2n) is 10.5. The third-order valence-electron chi connectivity index (χ3n) is 7.97. The molecule has 17 nitrogen and oxygen atoms in total. The lowest BCUT2D eigenvalue weighted by molar-refractivity contribution is -0.0363. The van der Waals surface area contributed by atoms with E-state index in [1.807, 2.05) is 0 Å². The number of fused-ring (bicyclic) bond motifs is 2. The first-order valence-corrected chi connectivity index (χ1v) is 18.9. The highest BCUT2D eigenvalue weighted by Gasteiger charge is 2.47. The van der Waals surface area contributed by atoms with E-state index in [1.54, 1.807) is 4.57 Å². The highest BCUT2D eigenvalue weighted by atomic mass is 32.7. The number of halogens is 1. The molecule has 0 spiro atoms. The molecule has 0 bridgehead atoms. The van der Waals surface area contributed by atoms with Gasteiger partial charge in [-0.3, -0.25) is 13.9 Å². The normalized spacial score (nSPS) is 29.4. The molecule has 9 atom stereocenters. The summed E-state index contributed by atoms with van der Waals surface area (Å²) >= 11 is 7.67. The summed E-state index contributed by atoms with van der Waals surface area (Å²) in [6.45, 7) is -5.10.